The Bertz CT molecular complexity index is 782. The van der Waals surface area contributed by atoms with Crippen LogP contribution in [0, 0.1) is 0 Å². The van der Waals surface area contributed by atoms with Crippen LogP contribution >= 0.6 is 11.8 Å². The monoisotopic (exact) mass is 295 g/mol. The molecule has 0 radical (unpaired) electrons. The number of hydrogen-bond donors (Lipinski definition) is 3. The molecule has 0 fully saturated rings. The molecule has 2 heterocycles. The van der Waals surface area contributed by atoms with Crippen LogP contribution in [0.1, 0.15) is 5.69 Å². The van der Waals surface area contributed by atoms with Gasteiger partial charge in [0, 0.05) is 13.2 Å². The molecule has 2 aromatic rings. The molecule has 0 bridgehead atoms. The van der Waals surface area contributed by atoms with Crippen molar-refractivity contribution in [3.8, 4) is 0 Å². The van der Waals surface area contributed by atoms with Crippen LogP contribution in [0.2, 0.25) is 0 Å². The number of H-pyrrole nitrogens is 1. The summed E-state index contributed by atoms with van der Waals surface area (Å²) in [5.41, 5.74) is 3.91. The van der Waals surface area contributed by atoms with Gasteiger partial charge in [0.25, 0.3) is 0 Å². The smallest absolute Gasteiger partial charge is 0.339 e. The van der Waals surface area contributed by atoms with Gasteiger partial charge >= 0.3 is 11.1 Å². The van der Waals surface area contributed by atoms with Crippen molar-refractivity contribution in [1.29, 1.82) is 0 Å². The van der Waals surface area contributed by atoms with Crippen LogP contribution in [0.3, 0.4) is 0 Å². The van der Waals surface area contributed by atoms with Gasteiger partial charge in [-0.2, -0.15) is 4.98 Å². The maximum absolute atomic E-state index is 11.2. The average molecular weight is 295 g/mol. The first kappa shape index (κ1) is 13.7. The van der Waals surface area contributed by atoms with E-state index in [2.05, 4.69) is 25.2 Å². The topological polar surface area (TPSA) is 152 Å². The minimum atomic E-state index is -0.904. The molecule has 20 heavy (non-hydrogen) atoms. The van der Waals surface area contributed by atoms with Crippen LogP contribution in [-0.4, -0.2) is 35.8 Å². The fraction of sp³-hybridized carbons (Fsp3) is 0.111. The number of nitrogens with zero attached hydrogens (tertiary/aromatic N) is 5. The van der Waals surface area contributed by atoms with E-state index in [1.54, 1.807) is 0 Å². The zero-order valence-corrected chi connectivity index (χ0v) is 11.0. The Balaban J connectivity index is 2.38. The van der Waals surface area contributed by atoms with Gasteiger partial charge in [-0.25, -0.2) is 9.97 Å². The van der Waals surface area contributed by atoms with E-state index >= 15 is 0 Å². The second kappa shape index (κ2) is 5.52. The van der Waals surface area contributed by atoms with Crippen molar-refractivity contribution in [3.05, 3.63) is 38.7 Å². The number of oxime groups is 1. The summed E-state index contributed by atoms with van der Waals surface area (Å²) in [6.45, 7) is 0. The molecule has 2 rings (SSSR count). The summed E-state index contributed by atoms with van der Waals surface area (Å²) in [4.78, 5) is 33.9. The number of aryl methyl sites for hydroxylation is 1. The molecule has 0 spiro atoms. The first-order chi connectivity index (χ1) is 9.51. The van der Waals surface area contributed by atoms with Crippen LogP contribution < -0.4 is 16.9 Å². The number of rotatable bonds is 3. The third-order valence-electron chi connectivity index (χ3n) is 2.13. The van der Waals surface area contributed by atoms with Crippen LogP contribution in [-0.2, 0) is 7.05 Å². The summed E-state index contributed by atoms with van der Waals surface area (Å²) in [6.07, 6.45) is 1.41. The van der Waals surface area contributed by atoms with Crippen molar-refractivity contribution in [2.45, 2.75) is 10.3 Å². The van der Waals surface area contributed by atoms with E-state index in [-0.39, 0.29) is 21.8 Å². The molecule has 0 aliphatic heterocycles. The van der Waals surface area contributed by atoms with E-state index in [4.69, 9.17) is 10.9 Å². The molecule has 0 aromatic carbocycles. The zero-order chi connectivity index (χ0) is 14.7. The Kier molecular flexibility index (Phi) is 3.79. The molecule has 11 heteroatoms. The number of nitrogens with one attached hydrogen (secondary N) is 1. The molecule has 4 N–H and O–H groups in total. The molecular weight excluding hydrogens is 286 g/mol. The van der Waals surface area contributed by atoms with E-state index in [1.807, 2.05) is 0 Å². The summed E-state index contributed by atoms with van der Waals surface area (Å²) in [7, 11) is 1.52. The number of aromatic nitrogens is 5. The van der Waals surface area contributed by atoms with Crippen LogP contribution in [0.15, 0.2) is 37.3 Å². The molecule has 104 valence electrons. The standard InChI is InChI=1S/C9H9N7O3S/c1-16-9(13-6(17)7(18)14-16)20-8-11-3-2-4(12-8)5(10)15-19/h2-3,19H,1H3,(H2,10,15)(H,14,18). The summed E-state index contributed by atoms with van der Waals surface area (Å²) >= 11 is 0.946. The fourth-order valence-electron chi connectivity index (χ4n) is 1.22. The van der Waals surface area contributed by atoms with Gasteiger partial charge in [-0.15, -0.1) is 0 Å². The van der Waals surface area contributed by atoms with Crippen molar-refractivity contribution in [2.24, 2.45) is 17.9 Å². The lowest BCUT2D eigenvalue weighted by atomic mass is 10.4. The lowest BCUT2D eigenvalue weighted by Gasteiger charge is -2.05. The van der Waals surface area contributed by atoms with Crippen molar-refractivity contribution in [1.82, 2.24) is 24.7 Å². The highest BCUT2D eigenvalue weighted by atomic mass is 32.2. The second-order valence-corrected chi connectivity index (χ2v) is 4.45. The SMILES string of the molecule is Cn1[nH]c(=O)c(=O)nc1Sc1nccc(/C(N)=N/O)n1. The number of amidine groups is 1. The van der Waals surface area contributed by atoms with Crippen LogP contribution in [0.25, 0.3) is 0 Å². The summed E-state index contributed by atoms with van der Waals surface area (Å²) in [6, 6.07) is 1.46. The predicted octanol–water partition coefficient (Wildman–Crippen LogP) is -1.50. The third-order valence-corrected chi connectivity index (χ3v) is 3.06. The van der Waals surface area contributed by atoms with Crippen LogP contribution in [0.5, 0.6) is 0 Å². The second-order valence-electron chi connectivity index (χ2n) is 3.51. The highest BCUT2D eigenvalue weighted by Crippen LogP contribution is 2.19. The molecule has 0 aliphatic carbocycles. The van der Waals surface area contributed by atoms with Crippen molar-refractivity contribution in [2.75, 3.05) is 0 Å². The third kappa shape index (κ3) is 2.83. The van der Waals surface area contributed by atoms with Gasteiger partial charge in [0.15, 0.2) is 16.1 Å². The molecule has 2 aromatic heterocycles. The normalized spacial score (nSPS) is 11.6. The van der Waals surface area contributed by atoms with Gasteiger partial charge in [0.05, 0.1) is 0 Å². The van der Waals surface area contributed by atoms with E-state index in [9.17, 15) is 9.59 Å². The first-order valence-corrected chi connectivity index (χ1v) is 5.99. The van der Waals surface area contributed by atoms with Crippen molar-refractivity contribution in [3.63, 3.8) is 0 Å². The molecular formula is C9H9N7O3S. The first-order valence-electron chi connectivity index (χ1n) is 5.17. The van der Waals surface area contributed by atoms with Gasteiger partial charge < -0.3 is 10.9 Å². The quantitative estimate of drug-likeness (QED) is 0.154. The minimum Gasteiger partial charge on any atom is -0.409 e. The van der Waals surface area contributed by atoms with E-state index in [0.717, 1.165) is 11.8 Å². The zero-order valence-electron chi connectivity index (χ0n) is 10.1. The fourth-order valence-corrected chi connectivity index (χ4v) is 1.95. The highest BCUT2D eigenvalue weighted by molar-refractivity contribution is 7.99. The molecule has 0 saturated carbocycles. The number of hydrogen-bond acceptors (Lipinski definition) is 8. The Morgan fingerprint density at radius 3 is 2.95 bits per heavy atom. The predicted molar refractivity (Wildman–Crippen MR) is 68.8 cm³/mol. The van der Waals surface area contributed by atoms with Gasteiger partial charge in [0.1, 0.15) is 5.69 Å². The van der Waals surface area contributed by atoms with E-state index in [0.29, 0.717) is 0 Å². The molecule has 0 atom stereocenters. The summed E-state index contributed by atoms with van der Waals surface area (Å²) in [5, 5.41) is 14.1. The summed E-state index contributed by atoms with van der Waals surface area (Å²) < 4.78 is 1.27. The van der Waals surface area contributed by atoms with Gasteiger partial charge in [-0.3, -0.25) is 19.4 Å². The number of nitrogens with two attached hydrogens (primary N) is 1. The van der Waals surface area contributed by atoms with Gasteiger partial charge in [-0.1, -0.05) is 5.16 Å². The van der Waals surface area contributed by atoms with Crippen molar-refractivity contribution < 1.29 is 5.21 Å². The highest BCUT2D eigenvalue weighted by Gasteiger charge is 2.10. The largest absolute Gasteiger partial charge is 0.409 e. The molecule has 10 nitrogen and oxygen atoms in total. The Hall–Kier alpha value is -2.69. The minimum absolute atomic E-state index is 0.169. The Morgan fingerprint density at radius 1 is 1.50 bits per heavy atom. The lowest BCUT2D eigenvalue weighted by molar-refractivity contribution is 0.318. The maximum atomic E-state index is 11.2. The van der Waals surface area contributed by atoms with Gasteiger partial charge in [-0.05, 0) is 17.8 Å². The Morgan fingerprint density at radius 2 is 2.25 bits per heavy atom. The lowest BCUT2D eigenvalue weighted by Crippen LogP contribution is -2.33. The van der Waals surface area contributed by atoms with Crippen molar-refractivity contribution >= 4 is 17.6 Å². The molecule has 0 amide bonds. The average Bonchev–Trinajstić information content (AvgIpc) is 2.44. The Labute approximate surface area is 115 Å². The molecule has 0 aliphatic rings. The maximum Gasteiger partial charge on any atom is 0.339 e. The summed E-state index contributed by atoms with van der Waals surface area (Å²) in [5.74, 6) is -0.169. The van der Waals surface area contributed by atoms with E-state index < -0.39 is 11.1 Å². The van der Waals surface area contributed by atoms with E-state index in [1.165, 1.54) is 24.0 Å². The molecule has 0 unspecified atom stereocenters. The van der Waals surface area contributed by atoms with Crippen LogP contribution in [0.4, 0.5) is 0 Å². The van der Waals surface area contributed by atoms with Gasteiger partial charge in [0.2, 0.25) is 0 Å². The number of aromatic amines is 1. The molecule has 0 saturated heterocycles.